The summed E-state index contributed by atoms with van der Waals surface area (Å²) in [5, 5.41) is 37.2. The second-order valence-electron chi connectivity index (χ2n) is 3.93. The summed E-state index contributed by atoms with van der Waals surface area (Å²) in [7, 11) is 0. The molecule has 2 heterocycles. The first-order valence-electron chi connectivity index (χ1n) is 4.62. The Hall–Kier alpha value is -0.270. The third kappa shape index (κ3) is 1.19. The Morgan fingerprint density at radius 3 is 2.43 bits per heavy atom. The zero-order valence-corrected chi connectivity index (χ0v) is 7.49. The molecule has 0 aromatic heterocycles. The van der Waals surface area contributed by atoms with Crippen LogP contribution in [-0.4, -0.2) is 75.0 Å². The minimum Gasteiger partial charge on any atom is -0.395 e. The Balaban J connectivity index is 2.21. The summed E-state index contributed by atoms with van der Waals surface area (Å²) >= 11 is 0. The Kier molecular flexibility index (Phi) is 2.48. The van der Waals surface area contributed by atoms with Crippen LogP contribution in [0.4, 0.5) is 4.39 Å². The van der Waals surface area contributed by atoms with E-state index in [2.05, 4.69) is 0 Å². The van der Waals surface area contributed by atoms with Gasteiger partial charge in [-0.3, -0.25) is 4.90 Å². The molecule has 0 saturated carbocycles. The summed E-state index contributed by atoms with van der Waals surface area (Å²) in [4.78, 5) is 1.44. The van der Waals surface area contributed by atoms with E-state index in [1.54, 1.807) is 0 Å². The van der Waals surface area contributed by atoms with Crippen LogP contribution < -0.4 is 0 Å². The van der Waals surface area contributed by atoms with E-state index in [4.69, 9.17) is 5.11 Å². The van der Waals surface area contributed by atoms with E-state index < -0.39 is 36.6 Å². The molecule has 0 aliphatic carbocycles. The van der Waals surface area contributed by atoms with Gasteiger partial charge in [-0.25, -0.2) is 4.39 Å². The Bertz CT molecular complexity index is 229. The predicted molar refractivity (Wildman–Crippen MR) is 44.3 cm³/mol. The molecule has 6 atom stereocenters. The topological polar surface area (TPSA) is 84.2 Å². The van der Waals surface area contributed by atoms with Crippen molar-refractivity contribution in [1.29, 1.82) is 0 Å². The number of hydrogen-bond acceptors (Lipinski definition) is 5. The molecule has 0 radical (unpaired) electrons. The fourth-order valence-electron chi connectivity index (χ4n) is 2.43. The molecule has 0 aromatic carbocycles. The lowest BCUT2D eigenvalue weighted by molar-refractivity contribution is -0.00627. The zero-order valence-electron chi connectivity index (χ0n) is 7.49. The van der Waals surface area contributed by atoms with Crippen LogP contribution in [0.25, 0.3) is 0 Å². The molecule has 2 aliphatic rings. The van der Waals surface area contributed by atoms with Gasteiger partial charge in [-0.15, -0.1) is 0 Å². The molecule has 0 aromatic rings. The van der Waals surface area contributed by atoms with E-state index in [1.165, 1.54) is 4.90 Å². The molecule has 0 unspecified atom stereocenters. The van der Waals surface area contributed by atoms with Gasteiger partial charge in [0.2, 0.25) is 0 Å². The van der Waals surface area contributed by atoms with Gasteiger partial charge in [0.25, 0.3) is 0 Å². The van der Waals surface area contributed by atoms with Crippen molar-refractivity contribution in [2.75, 3.05) is 13.2 Å². The smallest absolute Gasteiger partial charge is 0.145 e. The number of aliphatic hydroxyl groups is 4. The molecule has 82 valence electrons. The van der Waals surface area contributed by atoms with Crippen molar-refractivity contribution in [3.63, 3.8) is 0 Å². The molecule has 2 rings (SSSR count). The molecule has 2 aliphatic heterocycles. The highest BCUT2D eigenvalue weighted by atomic mass is 19.1. The van der Waals surface area contributed by atoms with E-state index in [0.717, 1.165) is 0 Å². The normalized spacial score (nSPS) is 53.8. The second-order valence-corrected chi connectivity index (χ2v) is 3.93. The van der Waals surface area contributed by atoms with E-state index in [9.17, 15) is 19.7 Å². The van der Waals surface area contributed by atoms with Crippen molar-refractivity contribution in [1.82, 2.24) is 4.90 Å². The van der Waals surface area contributed by atoms with Gasteiger partial charge in [0, 0.05) is 6.54 Å². The van der Waals surface area contributed by atoms with Crippen molar-refractivity contribution in [2.24, 2.45) is 0 Å². The van der Waals surface area contributed by atoms with Crippen molar-refractivity contribution >= 4 is 0 Å². The summed E-state index contributed by atoms with van der Waals surface area (Å²) in [5.74, 6) is 0. The Morgan fingerprint density at radius 2 is 1.86 bits per heavy atom. The fourth-order valence-corrected chi connectivity index (χ4v) is 2.43. The molecule has 6 heteroatoms. The van der Waals surface area contributed by atoms with Crippen molar-refractivity contribution < 1.29 is 24.8 Å². The van der Waals surface area contributed by atoms with E-state index in [1.807, 2.05) is 0 Å². The van der Waals surface area contributed by atoms with Gasteiger partial charge in [-0.2, -0.15) is 0 Å². The first kappa shape index (κ1) is 10.3. The maximum Gasteiger partial charge on any atom is 0.145 e. The van der Waals surface area contributed by atoms with Gasteiger partial charge in [0.15, 0.2) is 0 Å². The SMILES string of the molecule is OC[C@@H]1[C@@H](O)[C@H](O)[C@H]2[C@@H](F)[C@@H](O)CN21. The quantitative estimate of drug-likeness (QED) is 0.381. The second kappa shape index (κ2) is 3.39. The average Bonchev–Trinajstić information content (AvgIpc) is 2.54. The highest BCUT2D eigenvalue weighted by Crippen LogP contribution is 2.34. The summed E-state index contributed by atoms with van der Waals surface area (Å²) in [6.45, 7) is -0.306. The summed E-state index contributed by atoms with van der Waals surface area (Å²) in [6.07, 6.45) is -5.08. The number of rotatable bonds is 1. The highest BCUT2D eigenvalue weighted by Gasteiger charge is 2.56. The molecule has 2 fully saturated rings. The van der Waals surface area contributed by atoms with Crippen molar-refractivity contribution in [3.05, 3.63) is 0 Å². The Morgan fingerprint density at radius 1 is 1.21 bits per heavy atom. The molecular weight excluding hydrogens is 193 g/mol. The van der Waals surface area contributed by atoms with E-state index in [0.29, 0.717) is 0 Å². The van der Waals surface area contributed by atoms with Crippen LogP contribution in [-0.2, 0) is 0 Å². The zero-order chi connectivity index (χ0) is 10.5. The molecule has 0 amide bonds. The molecule has 4 N–H and O–H groups in total. The van der Waals surface area contributed by atoms with Crippen LogP contribution in [0, 0.1) is 0 Å². The lowest BCUT2D eigenvalue weighted by atomic mass is 10.0. The fraction of sp³-hybridized carbons (Fsp3) is 1.00. The lowest BCUT2D eigenvalue weighted by Crippen LogP contribution is -2.40. The maximum atomic E-state index is 13.4. The van der Waals surface area contributed by atoms with Gasteiger partial charge in [-0.1, -0.05) is 0 Å². The third-order valence-corrected chi connectivity index (χ3v) is 3.18. The minimum absolute atomic E-state index is 0.0468. The maximum absolute atomic E-state index is 13.4. The van der Waals surface area contributed by atoms with Crippen LogP contribution in [0.3, 0.4) is 0 Å². The van der Waals surface area contributed by atoms with Crippen LogP contribution in [0.2, 0.25) is 0 Å². The number of hydrogen-bond donors (Lipinski definition) is 4. The van der Waals surface area contributed by atoms with Gasteiger partial charge >= 0.3 is 0 Å². The number of alkyl halides is 1. The van der Waals surface area contributed by atoms with Crippen molar-refractivity contribution in [3.8, 4) is 0 Å². The Labute approximate surface area is 80.4 Å². The first-order chi connectivity index (χ1) is 6.57. The van der Waals surface area contributed by atoms with Gasteiger partial charge in [0.1, 0.15) is 6.17 Å². The van der Waals surface area contributed by atoms with Gasteiger partial charge in [-0.05, 0) is 0 Å². The third-order valence-electron chi connectivity index (χ3n) is 3.18. The number of halogens is 1. The standard InChI is InChI=1S/C8H14FNO4/c9-5-4(12)1-10-3(2-11)7(13)8(14)6(5)10/h3-8,11-14H,1-2H2/t3-,4+,5+,6-,7-,8-/m1/s1. The lowest BCUT2D eigenvalue weighted by Gasteiger charge is -2.21. The van der Waals surface area contributed by atoms with E-state index >= 15 is 0 Å². The highest BCUT2D eigenvalue weighted by molar-refractivity contribution is 5.09. The average molecular weight is 207 g/mol. The van der Waals surface area contributed by atoms with Crippen LogP contribution in [0.1, 0.15) is 0 Å². The van der Waals surface area contributed by atoms with Gasteiger partial charge in [0.05, 0.1) is 37.0 Å². The number of nitrogens with zero attached hydrogens (tertiary/aromatic N) is 1. The molecule has 14 heavy (non-hydrogen) atoms. The van der Waals surface area contributed by atoms with Crippen LogP contribution in [0.15, 0.2) is 0 Å². The largest absolute Gasteiger partial charge is 0.395 e. The van der Waals surface area contributed by atoms with Crippen LogP contribution in [0.5, 0.6) is 0 Å². The van der Waals surface area contributed by atoms with Crippen molar-refractivity contribution in [2.45, 2.75) is 36.6 Å². The number of fused-ring (bicyclic) bond motifs is 1. The number of aliphatic hydroxyl groups excluding tert-OH is 4. The molecule has 0 bridgehead atoms. The summed E-state index contributed by atoms with van der Waals surface area (Å²) in [6, 6.07) is -1.57. The monoisotopic (exact) mass is 207 g/mol. The summed E-state index contributed by atoms with van der Waals surface area (Å²) in [5.41, 5.74) is 0. The van der Waals surface area contributed by atoms with Gasteiger partial charge < -0.3 is 20.4 Å². The van der Waals surface area contributed by atoms with Crippen LogP contribution >= 0.6 is 0 Å². The molecule has 5 nitrogen and oxygen atoms in total. The molecule has 0 spiro atoms. The molecular formula is C8H14FNO4. The minimum atomic E-state index is -1.56. The predicted octanol–water partition coefficient (Wildman–Crippen LogP) is -2.53. The van der Waals surface area contributed by atoms with E-state index in [-0.39, 0.29) is 13.2 Å². The summed E-state index contributed by atoms with van der Waals surface area (Å²) < 4.78 is 13.4. The molecule has 2 saturated heterocycles. The first-order valence-corrected chi connectivity index (χ1v) is 4.62.